The molecule has 1 aromatic carbocycles. The molecule has 5 heteroatoms. The number of amides is 2. The third-order valence-corrected chi connectivity index (χ3v) is 3.24. The first-order valence-electron chi connectivity index (χ1n) is 5.39. The predicted molar refractivity (Wildman–Crippen MR) is 75.8 cm³/mol. The lowest BCUT2D eigenvalue weighted by atomic mass is 10.2. The maximum absolute atomic E-state index is 11.7. The number of aromatic nitrogens is 1. The molecule has 2 aromatic rings. The van der Waals surface area contributed by atoms with Gasteiger partial charge in [0.05, 0.1) is 0 Å². The zero-order valence-corrected chi connectivity index (χ0v) is 11.4. The van der Waals surface area contributed by atoms with E-state index in [4.69, 9.17) is 0 Å². The number of nitrogens with zero attached hydrogens (tertiary/aromatic N) is 1. The number of pyridine rings is 1. The molecule has 0 aliphatic rings. The van der Waals surface area contributed by atoms with Gasteiger partial charge in [0.2, 0.25) is 0 Å². The molecule has 0 bridgehead atoms. The van der Waals surface area contributed by atoms with Crippen LogP contribution in [0.1, 0.15) is 5.56 Å². The Morgan fingerprint density at radius 3 is 2.44 bits per heavy atom. The van der Waals surface area contributed by atoms with Crippen molar-refractivity contribution in [3.05, 3.63) is 52.8 Å². The lowest BCUT2D eigenvalue weighted by Crippen LogP contribution is -2.19. The summed E-state index contributed by atoms with van der Waals surface area (Å²) in [5, 5.41) is 5.49. The van der Waals surface area contributed by atoms with E-state index in [-0.39, 0.29) is 6.03 Å². The molecule has 18 heavy (non-hydrogen) atoms. The molecule has 0 radical (unpaired) electrons. The summed E-state index contributed by atoms with van der Waals surface area (Å²) in [7, 11) is 0. The van der Waals surface area contributed by atoms with Crippen molar-refractivity contribution in [1.29, 1.82) is 0 Å². The van der Waals surface area contributed by atoms with Crippen molar-refractivity contribution in [3.8, 4) is 0 Å². The second kappa shape index (κ2) is 5.64. The van der Waals surface area contributed by atoms with Gasteiger partial charge in [-0.15, -0.1) is 0 Å². The number of hydrogen-bond acceptors (Lipinski definition) is 2. The van der Waals surface area contributed by atoms with Gasteiger partial charge in [-0.3, -0.25) is 4.98 Å². The summed E-state index contributed by atoms with van der Waals surface area (Å²) in [6.45, 7) is 1.97. The SMILES string of the molecule is Cc1cc(NC(=O)Nc2ccncc2)ccc1Br. The molecule has 0 atom stereocenters. The third kappa shape index (κ3) is 3.30. The lowest BCUT2D eigenvalue weighted by Gasteiger charge is -2.08. The second-order valence-electron chi connectivity index (χ2n) is 3.78. The van der Waals surface area contributed by atoms with Crippen LogP contribution >= 0.6 is 15.9 Å². The predicted octanol–water partition coefficient (Wildman–Crippen LogP) is 3.80. The van der Waals surface area contributed by atoms with Crippen molar-refractivity contribution < 1.29 is 4.79 Å². The topological polar surface area (TPSA) is 54.0 Å². The Hall–Kier alpha value is -1.88. The Labute approximate surface area is 114 Å². The Bertz CT molecular complexity index is 557. The highest BCUT2D eigenvalue weighted by Gasteiger charge is 2.03. The van der Waals surface area contributed by atoms with Crippen molar-refractivity contribution in [2.45, 2.75) is 6.92 Å². The Morgan fingerprint density at radius 1 is 1.11 bits per heavy atom. The number of anilines is 2. The van der Waals surface area contributed by atoms with Crippen LogP contribution in [0.5, 0.6) is 0 Å². The molecule has 1 heterocycles. The van der Waals surface area contributed by atoms with Crippen LogP contribution in [0, 0.1) is 6.92 Å². The molecule has 0 fully saturated rings. The van der Waals surface area contributed by atoms with E-state index in [1.54, 1.807) is 24.5 Å². The minimum atomic E-state index is -0.275. The maximum Gasteiger partial charge on any atom is 0.323 e. The summed E-state index contributed by atoms with van der Waals surface area (Å²) in [5.74, 6) is 0. The third-order valence-electron chi connectivity index (χ3n) is 2.35. The molecule has 4 nitrogen and oxygen atoms in total. The van der Waals surface area contributed by atoms with Crippen molar-refractivity contribution in [3.63, 3.8) is 0 Å². The molecule has 0 aliphatic carbocycles. The normalized spacial score (nSPS) is 9.89. The van der Waals surface area contributed by atoms with Crippen molar-refractivity contribution in [2.75, 3.05) is 10.6 Å². The minimum absolute atomic E-state index is 0.275. The van der Waals surface area contributed by atoms with Gasteiger partial charge >= 0.3 is 6.03 Å². The zero-order chi connectivity index (χ0) is 13.0. The molecule has 2 rings (SSSR count). The fraction of sp³-hybridized carbons (Fsp3) is 0.0769. The average Bonchev–Trinajstić information content (AvgIpc) is 2.35. The molecular weight excluding hydrogens is 294 g/mol. The largest absolute Gasteiger partial charge is 0.323 e. The fourth-order valence-electron chi connectivity index (χ4n) is 1.45. The van der Waals surface area contributed by atoms with Gasteiger partial charge in [0.25, 0.3) is 0 Å². The summed E-state index contributed by atoms with van der Waals surface area (Å²) in [6, 6.07) is 8.82. The molecule has 0 saturated carbocycles. The average molecular weight is 306 g/mol. The first-order valence-corrected chi connectivity index (χ1v) is 6.18. The van der Waals surface area contributed by atoms with Crippen molar-refractivity contribution in [1.82, 2.24) is 4.98 Å². The summed E-state index contributed by atoms with van der Waals surface area (Å²) < 4.78 is 1.02. The van der Waals surface area contributed by atoms with Crippen LogP contribution in [0.15, 0.2) is 47.2 Å². The van der Waals surface area contributed by atoms with E-state index in [0.717, 1.165) is 15.7 Å². The van der Waals surface area contributed by atoms with Gasteiger partial charge in [0.1, 0.15) is 0 Å². The van der Waals surface area contributed by atoms with Crippen LogP contribution in [-0.4, -0.2) is 11.0 Å². The van der Waals surface area contributed by atoms with Gasteiger partial charge in [-0.25, -0.2) is 4.79 Å². The molecule has 2 N–H and O–H groups in total. The van der Waals surface area contributed by atoms with Crippen molar-refractivity contribution >= 4 is 33.3 Å². The molecule has 0 saturated heterocycles. The van der Waals surface area contributed by atoms with Gasteiger partial charge in [-0.1, -0.05) is 15.9 Å². The van der Waals surface area contributed by atoms with E-state index in [9.17, 15) is 4.79 Å². The minimum Gasteiger partial charge on any atom is -0.308 e. The molecule has 0 aliphatic heterocycles. The molecule has 0 spiro atoms. The Kier molecular flexibility index (Phi) is 3.94. The maximum atomic E-state index is 11.7. The summed E-state index contributed by atoms with van der Waals surface area (Å²) >= 11 is 3.41. The van der Waals surface area contributed by atoms with Crippen LogP contribution in [0.4, 0.5) is 16.2 Å². The quantitative estimate of drug-likeness (QED) is 0.886. The highest BCUT2D eigenvalue weighted by Crippen LogP contribution is 2.20. The number of aryl methyl sites for hydroxylation is 1. The van der Waals surface area contributed by atoms with Crippen LogP contribution in [0.2, 0.25) is 0 Å². The van der Waals surface area contributed by atoms with E-state index < -0.39 is 0 Å². The van der Waals surface area contributed by atoms with Crippen LogP contribution in [-0.2, 0) is 0 Å². The monoisotopic (exact) mass is 305 g/mol. The highest BCUT2D eigenvalue weighted by atomic mass is 79.9. The number of urea groups is 1. The first-order chi connectivity index (χ1) is 8.65. The number of rotatable bonds is 2. The number of nitrogens with one attached hydrogen (secondary N) is 2. The van der Waals surface area contributed by atoms with Gasteiger partial charge in [-0.05, 0) is 42.8 Å². The number of halogens is 1. The molecule has 1 aromatic heterocycles. The lowest BCUT2D eigenvalue weighted by molar-refractivity contribution is 0.262. The van der Waals surface area contributed by atoms with E-state index >= 15 is 0 Å². The summed E-state index contributed by atoms with van der Waals surface area (Å²) in [5.41, 5.74) is 2.52. The molecule has 0 unspecified atom stereocenters. The van der Waals surface area contributed by atoms with Gasteiger partial charge in [0.15, 0.2) is 0 Å². The standard InChI is InChI=1S/C13H12BrN3O/c1-9-8-11(2-3-12(9)14)17-13(18)16-10-4-6-15-7-5-10/h2-8H,1H3,(H2,15,16,17,18). The zero-order valence-electron chi connectivity index (χ0n) is 9.77. The van der Waals surface area contributed by atoms with Crippen molar-refractivity contribution in [2.24, 2.45) is 0 Å². The van der Waals surface area contributed by atoms with Crippen LogP contribution < -0.4 is 10.6 Å². The summed E-state index contributed by atoms with van der Waals surface area (Å²) in [4.78, 5) is 15.6. The number of benzene rings is 1. The second-order valence-corrected chi connectivity index (χ2v) is 4.63. The summed E-state index contributed by atoms with van der Waals surface area (Å²) in [6.07, 6.45) is 3.25. The number of carbonyl (C=O) groups excluding carboxylic acids is 1. The Balaban J connectivity index is 2.01. The van der Waals surface area contributed by atoms with Crippen LogP contribution in [0.3, 0.4) is 0 Å². The molecule has 2 amide bonds. The van der Waals surface area contributed by atoms with E-state index in [2.05, 4.69) is 31.5 Å². The number of carbonyl (C=O) groups is 1. The molecular formula is C13H12BrN3O. The highest BCUT2D eigenvalue weighted by molar-refractivity contribution is 9.10. The smallest absolute Gasteiger partial charge is 0.308 e. The van der Waals surface area contributed by atoms with Gasteiger partial charge in [0, 0.05) is 28.2 Å². The van der Waals surface area contributed by atoms with Gasteiger partial charge in [-0.2, -0.15) is 0 Å². The fourth-order valence-corrected chi connectivity index (χ4v) is 1.70. The first kappa shape index (κ1) is 12.6. The molecule has 92 valence electrons. The Morgan fingerprint density at radius 2 is 1.78 bits per heavy atom. The van der Waals surface area contributed by atoms with E-state index in [1.165, 1.54) is 0 Å². The van der Waals surface area contributed by atoms with Gasteiger partial charge < -0.3 is 10.6 Å². The van der Waals surface area contributed by atoms with E-state index in [0.29, 0.717) is 5.69 Å². The van der Waals surface area contributed by atoms with Crippen LogP contribution in [0.25, 0.3) is 0 Å². The number of hydrogen-bond donors (Lipinski definition) is 2. The van der Waals surface area contributed by atoms with E-state index in [1.807, 2.05) is 25.1 Å².